The van der Waals surface area contributed by atoms with Crippen LogP contribution in [0.4, 0.5) is 5.69 Å². The first-order valence-electron chi connectivity index (χ1n) is 5.97. The first kappa shape index (κ1) is 11.6. The monoisotopic (exact) mass is 230 g/mol. The second-order valence-corrected chi connectivity index (χ2v) is 3.92. The molecule has 2 rings (SSSR count). The lowest BCUT2D eigenvalue weighted by Gasteiger charge is -2.07. The maximum atomic E-state index is 5.53. The molecule has 0 aliphatic rings. The average molecular weight is 230 g/mol. The van der Waals surface area contributed by atoms with Crippen molar-refractivity contribution in [3.05, 3.63) is 48.3 Å². The maximum absolute atomic E-state index is 5.53. The molecule has 0 aliphatic heterocycles. The highest BCUT2D eigenvalue weighted by atomic mass is 16.5. The van der Waals surface area contributed by atoms with Crippen LogP contribution in [-0.2, 0) is 6.54 Å². The minimum atomic E-state index is 0.773. The smallest absolute Gasteiger partial charge is 0.119 e. The van der Waals surface area contributed by atoms with E-state index in [0.29, 0.717) is 0 Å². The molecule has 0 radical (unpaired) electrons. The maximum Gasteiger partial charge on any atom is 0.119 e. The first-order valence-corrected chi connectivity index (χ1v) is 5.97. The summed E-state index contributed by atoms with van der Waals surface area (Å²) >= 11 is 0. The first-order chi connectivity index (χ1) is 8.38. The summed E-state index contributed by atoms with van der Waals surface area (Å²) in [4.78, 5) is 3.16. The molecule has 0 saturated carbocycles. The third-order valence-corrected chi connectivity index (χ3v) is 2.47. The van der Waals surface area contributed by atoms with Crippen molar-refractivity contribution in [1.82, 2.24) is 4.98 Å². The van der Waals surface area contributed by atoms with Crippen LogP contribution in [-0.4, -0.2) is 11.6 Å². The normalized spacial score (nSPS) is 10.2. The molecule has 17 heavy (non-hydrogen) atoms. The lowest BCUT2D eigenvalue weighted by atomic mass is 10.3. The number of benzene rings is 1. The van der Waals surface area contributed by atoms with E-state index in [1.54, 1.807) is 0 Å². The van der Waals surface area contributed by atoms with Gasteiger partial charge in [-0.15, -0.1) is 0 Å². The second kappa shape index (κ2) is 5.99. The van der Waals surface area contributed by atoms with Crippen LogP contribution in [0.1, 0.15) is 19.0 Å². The van der Waals surface area contributed by atoms with Crippen molar-refractivity contribution in [2.24, 2.45) is 0 Å². The minimum Gasteiger partial charge on any atom is -0.494 e. The van der Waals surface area contributed by atoms with Crippen LogP contribution in [0.3, 0.4) is 0 Å². The van der Waals surface area contributed by atoms with Gasteiger partial charge in [-0.05, 0) is 42.8 Å². The van der Waals surface area contributed by atoms with Gasteiger partial charge in [0.1, 0.15) is 5.75 Å². The third kappa shape index (κ3) is 3.55. The highest BCUT2D eigenvalue weighted by Gasteiger charge is 1.96. The fourth-order valence-corrected chi connectivity index (χ4v) is 1.56. The molecular formula is C14H18N2O. The Bertz CT molecular complexity index is 420. The van der Waals surface area contributed by atoms with E-state index < -0.39 is 0 Å². The van der Waals surface area contributed by atoms with E-state index in [4.69, 9.17) is 4.74 Å². The summed E-state index contributed by atoms with van der Waals surface area (Å²) in [5.74, 6) is 0.928. The van der Waals surface area contributed by atoms with Gasteiger partial charge in [-0.1, -0.05) is 6.92 Å². The van der Waals surface area contributed by atoms with Crippen LogP contribution in [0, 0.1) is 0 Å². The lowest BCUT2D eigenvalue weighted by Crippen LogP contribution is -1.99. The number of hydrogen-bond donors (Lipinski definition) is 2. The van der Waals surface area contributed by atoms with E-state index in [1.807, 2.05) is 36.5 Å². The number of hydrogen-bond acceptors (Lipinski definition) is 2. The second-order valence-electron chi connectivity index (χ2n) is 3.92. The molecule has 0 aliphatic carbocycles. The summed E-state index contributed by atoms with van der Waals surface area (Å²) in [5, 5.41) is 3.34. The van der Waals surface area contributed by atoms with E-state index in [0.717, 1.165) is 31.0 Å². The van der Waals surface area contributed by atoms with Crippen LogP contribution in [0.2, 0.25) is 0 Å². The number of rotatable bonds is 6. The van der Waals surface area contributed by atoms with Gasteiger partial charge in [0.15, 0.2) is 0 Å². The molecule has 0 fully saturated rings. The summed E-state index contributed by atoms with van der Waals surface area (Å²) < 4.78 is 5.53. The van der Waals surface area contributed by atoms with Gasteiger partial charge in [0, 0.05) is 17.6 Å². The summed E-state index contributed by atoms with van der Waals surface area (Å²) in [6, 6.07) is 12.1. The quantitative estimate of drug-likeness (QED) is 0.798. The highest BCUT2D eigenvalue weighted by molar-refractivity contribution is 5.46. The fourth-order valence-electron chi connectivity index (χ4n) is 1.56. The van der Waals surface area contributed by atoms with Crippen molar-refractivity contribution in [2.75, 3.05) is 11.9 Å². The van der Waals surface area contributed by atoms with Gasteiger partial charge in [0.05, 0.1) is 13.2 Å². The topological polar surface area (TPSA) is 37.0 Å². The molecule has 0 spiro atoms. The highest BCUT2D eigenvalue weighted by Crippen LogP contribution is 2.16. The minimum absolute atomic E-state index is 0.773. The molecule has 0 amide bonds. The number of ether oxygens (including phenoxy) is 1. The zero-order chi connectivity index (χ0) is 11.9. The van der Waals surface area contributed by atoms with Gasteiger partial charge in [-0.25, -0.2) is 0 Å². The van der Waals surface area contributed by atoms with Crippen LogP contribution >= 0.6 is 0 Å². The van der Waals surface area contributed by atoms with Gasteiger partial charge < -0.3 is 15.0 Å². The predicted octanol–water partition coefficient (Wildman–Crippen LogP) is 3.42. The van der Waals surface area contributed by atoms with Crippen molar-refractivity contribution in [2.45, 2.75) is 19.9 Å². The fraction of sp³-hybridized carbons (Fsp3) is 0.286. The standard InChI is InChI=1S/C14H18N2O/c1-2-10-17-14-7-5-12(6-8-14)16-11-13-4-3-9-15-13/h3-9,15-16H,2,10-11H2,1H3. The van der Waals surface area contributed by atoms with Crippen molar-refractivity contribution < 1.29 is 4.74 Å². The van der Waals surface area contributed by atoms with Crippen LogP contribution in [0.15, 0.2) is 42.6 Å². The molecule has 0 bridgehead atoms. The molecule has 3 heteroatoms. The summed E-state index contributed by atoms with van der Waals surface area (Å²) in [7, 11) is 0. The van der Waals surface area contributed by atoms with Gasteiger partial charge in [-0.3, -0.25) is 0 Å². The van der Waals surface area contributed by atoms with Crippen LogP contribution in [0.5, 0.6) is 5.75 Å². The Labute approximate surface area is 102 Å². The molecular weight excluding hydrogens is 212 g/mol. The molecule has 1 aromatic carbocycles. The number of aromatic nitrogens is 1. The Morgan fingerprint density at radius 1 is 1.18 bits per heavy atom. The van der Waals surface area contributed by atoms with Crippen LogP contribution in [0.25, 0.3) is 0 Å². The Morgan fingerprint density at radius 3 is 2.65 bits per heavy atom. The van der Waals surface area contributed by atoms with E-state index in [-0.39, 0.29) is 0 Å². The number of nitrogens with one attached hydrogen (secondary N) is 2. The largest absolute Gasteiger partial charge is 0.494 e. The van der Waals surface area contributed by atoms with Gasteiger partial charge >= 0.3 is 0 Å². The zero-order valence-corrected chi connectivity index (χ0v) is 10.1. The Hall–Kier alpha value is -1.90. The van der Waals surface area contributed by atoms with E-state index >= 15 is 0 Å². The Kier molecular flexibility index (Phi) is 4.08. The van der Waals surface area contributed by atoms with Crippen molar-refractivity contribution in [3.8, 4) is 5.75 Å². The van der Waals surface area contributed by atoms with Crippen molar-refractivity contribution in [1.29, 1.82) is 0 Å². The van der Waals surface area contributed by atoms with Gasteiger partial charge in [0.25, 0.3) is 0 Å². The van der Waals surface area contributed by atoms with E-state index in [9.17, 15) is 0 Å². The van der Waals surface area contributed by atoms with Crippen molar-refractivity contribution in [3.63, 3.8) is 0 Å². The third-order valence-electron chi connectivity index (χ3n) is 2.47. The lowest BCUT2D eigenvalue weighted by molar-refractivity contribution is 0.317. The number of anilines is 1. The molecule has 3 nitrogen and oxygen atoms in total. The van der Waals surface area contributed by atoms with Crippen LogP contribution < -0.4 is 10.1 Å². The van der Waals surface area contributed by atoms with Crippen molar-refractivity contribution >= 4 is 5.69 Å². The molecule has 0 saturated heterocycles. The van der Waals surface area contributed by atoms with Gasteiger partial charge in [0.2, 0.25) is 0 Å². The molecule has 1 aromatic heterocycles. The average Bonchev–Trinajstić information content (AvgIpc) is 2.88. The number of H-pyrrole nitrogens is 1. The molecule has 90 valence electrons. The van der Waals surface area contributed by atoms with E-state index in [2.05, 4.69) is 23.3 Å². The SMILES string of the molecule is CCCOc1ccc(NCc2ccc[nH]2)cc1. The molecule has 1 heterocycles. The molecule has 0 atom stereocenters. The summed E-state index contributed by atoms with van der Waals surface area (Å²) in [6.45, 7) is 3.68. The Balaban J connectivity index is 1.85. The molecule has 2 aromatic rings. The molecule has 0 unspecified atom stereocenters. The Morgan fingerprint density at radius 2 is 2.00 bits per heavy atom. The number of aromatic amines is 1. The predicted molar refractivity (Wildman–Crippen MR) is 70.3 cm³/mol. The zero-order valence-electron chi connectivity index (χ0n) is 10.1. The molecule has 2 N–H and O–H groups in total. The van der Waals surface area contributed by atoms with Gasteiger partial charge in [-0.2, -0.15) is 0 Å². The summed E-state index contributed by atoms with van der Waals surface area (Å²) in [5.41, 5.74) is 2.28. The van der Waals surface area contributed by atoms with E-state index in [1.165, 1.54) is 5.69 Å². The summed E-state index contributed by atoms with van der Waals surface area (Å²) in [6.07, 6.45) is 2.96.